The van der Waals surface area contributed by atoms with Gasteiger partial charge in [-0.25, -0.2) is 4.98 Å². The molecule has 0 amide bonds. The minimum absolute atomic E-state index is 0. The van der Waals surface area contributed by atoms with Gasteiger partial charge in [-0.15, -0.1) is 35.1 Å². The Kier molecular flexibility index (Phi) is 6.66. The Morgan fingerprint density at radius 1 is 0.795 bits per heavy atom. The van der Waals surface area contributed by atoms with Crippen LogP contribution in [0.3, 0.4) is 0 Å². The van der Waals surface area contributed by atoms with Crippen LogP contribution in [0.25, 0.3) is 27.6 Å². The molecule has 7 heteroatoms. The Morgan fingerprint density at radius 2 is 1.59 bits per heavy atom. The van der Waals surface area contributed by atoms with Crippen molar-refractivity contribution in [2.75, 3.05) is 4.81 Å². The zero-order valence-corrected chi connectivity index (χ0v) is 23.7. The van der Waals surface area contributed by atoms with Gasteiger partial charge in [0.05, 0.1) is 5.69 Å². The van der Waals surface area contributed by atoms with Crippen LogP contribution in [-0.2, 0) is 21.1 Å². The smallest absolute Gasteiger partial charge is 0.537 e. The first-order chi connectivity index (χ1) is 18.7. The molecule has 0 radical (unpaired) electrons. The maximum atomic E-state index is 6.35. The molecule has 0 bridgehead atoms. The SMILES string of the molecule is CC(C)N1B(c2[c-]c(Oc3[c-]c4c(cc3)c3ccccc3n4-c3ccccn3)ccc2)Oc2ccccc21.[Pt+2]. The van der Waals surface area contributed by atoms with Crippen molar-refractivity contribution >= 4 is 40.0 Å². The third-order valence-corrected chi connectivity index (χ3v) is 6.90. The minimum Gasteiger partial charge on any atom is -0.537 e. The summed E-state index contributed by atoms with van der Waals surface area (Å²) in [5, 5.41) is 2.25. The van der Waals surface area contributed by atoms with Gasteiger partial charge in [0.1, 0.15) is 11.6 Å². The molecular formula is C32H24BN3O2Pt. The summed E-state index contributed by atoms with van der Waals surface area (Å²) in [4.78, 5) is 6.88. The Morgan fingerprint density at radius 3 is 2.44 bits per heavy atom. The number of hydrogen-bond donors (Lipinski definition) is 0. The molecule has 5 nitrogen and oxygen atoms in total. The number of ether oxygens (including phenoxy) is 1. The number of rotatable bonds is 5. The number of para-hydroxylation sites is 3. The topological polar surface area (TPSA) is 39.5 Å². The average Bonchev–Trinajstić information content (AvgIpc) is 3.50. The molecule has 0 saturated carbocycles. The van der Waals surface area contributed by atoms with Crippen molar-refractivity contribution in [3.63, 3.8) is 0 Å². The fraction of sp³-hybridized carbons (Fsp3) is 0.0938. The number of nitrogens with zero attached hydrogens (tertiary/aromatic N) is 3. The zero-order chi connectivity index (χ0) is 25.6. The van der Waals surface area contributed by atoms with E-state index in [1.54, 1.807) is 6.20 Å². The van der Waals surface area contributed by atoms with Crippen molar-refractivity contribution in [3.8, 4) is 23.1 Å². The summed E-state index contributed by atoms with van der Waals surface area (Å²) in [5.74, 6) is 2.95. The summed E-state index contributed by atoms with van der Waals surface area (Å²) in [5.41, 5.74) is 4.00. The molecule has 6 aromatic rings. The first kappa shape index (κ1) is 25.3. The van der Waals surface area contributed by atoms with Crippen molar-refractivity contribution in [1.82, 2.24) is 9.55 Å². The van der Waals surface area contributed by atoms with Gasteiger partial charge in [0, 0.05) is 29.3 Å². The average molecular weight is 688 g/mol. The second kappa shape index (κ2) is 10.3. The predicted molar refractivity (Wildman–Crippen MR) is 153 cm³/mol. The second-order valence-corrected chi connectivity index (χ2v) is 9.64. The molecule has 0 atom stereocenters. The van der Waals surface area contributed by atoms with E-state index in [2.05, 4.69) is 70.7 Å². The van der Waals surface area contributed by atoms with Crippen LogP contribution in [0.15, 0.2) is 103 Å². The van der Waals surface area contributed by atoms with Crippen LogP contribution in [0, 0.1) is 12.1 Å². The van der Waals surface area contributed by atoms with Crippen molar-refractivity contribution in [2.45, 2.75) is 19.9 Å². The van der Waals surface area contributed by atoms with Gasteiger partial charge in [0.25, 0.3) is 0 Å². The van der Waals surface area contributed by atoms with Crippen molar-refractivity contribution in [1.29, 1.82) is 0 Å². The zero-order valence-electron chi connectivity index (χ0n) is 21.4. The van der Waals surface area contributed by atoms with E-state index in [9.17, 15) is 0 Å². The molecule has 0 unspecified atom stereocenters. The van der Waals surface area contributed by atoms with Gasteiger partial charge in [-0.2, -0.15) is 18.2 Å². The molecule has 4 aromatic carbocycles. The molecule has 0 saturated heterocycles. The third kappa shape index (κ3) is 4.39. The van der Waals surface area contributed by atoms with Crippen LogP contribution in [0.2, 0.25) is 0 Å². The van der Waals surface area contributed by atoms with Gasteiger partial charge in [0.15, 0.2) is 0 Å². The number of anilines is 1. The molecule has 7 rings (SSSR count). The molecule has 192 valence electrons. The number of fused-ring (bicyclic) bond motifs is 4. The van der Waals surface area contributed by atoms with E-state index < -0.39 is 0 Å². The van der Waals surface area contributed by atoms with Gasteiger partial charge in [-0.1, -0.05) is 41.9 Å². The number of aromatic nitrogens is 2. The number of benzene rings is 4. The Labute approximate surface area is 242 Å². The summed E-state index contributed by atoms with van der Waals surface area (Å²) in [7, 11) is -0.269. The van der Waals surface area contributed by atoms with E-state index >= 15 is 0 Å². The summed E-state index contributed by atoms with van der Waals surface area (Å²) in [6, 6.07) is 39.6. The minimum atomic E-state index is -0.269. The predicted octanol–water partition coefficient (Wildman–Crippen LogP) is 6.57. The fourth-order valence-electron chi connectivity index (χ4n) is 5.28. The quantitative estimate of drug-likeness (QED) is 0.152. The van der Waals surface area contributed by atoms with E-state index in [4.69, 9.17) is 9.39 Å². The van der Waals surface area contributed by atoms with Gasteiger partial charge < -0.3 is 18.8 Å². The molecule has 0 spiro atoms. The van der Waals surface area contributed by atoms with E-state index in [1.165, 1.54) is 0 Å². The first-order valence-electron chi connectivity index (χ1n) is 12.8. The van der Waals surface area contributed by atoms with Crippen LogP contribution >= 0.6 is 0 Å². The molecule has 0 fully saturated rings. The van der Waals surface area contributed by atoms with Crippen LogP contribution in [0.5, 0.6) is 17.2 Å². The summed E-state index contributed by atoms with van der Waals surface area (Å²) < 4.78 is 14.8. The first-order valence-corrected chi connectivity index (χ1v) is 12.8. The van der Waals surface area contributed by atoms with Crippen LogP contribution < -0.4 is 19.7 Å². The second-order valence-electron chi connectivity index (χ2n) is 9.64. The van der Waals surface area contributed by atoms with Crippen molar-refractivity contribution in [2.24, 2.45) is 0 Å². The molecular weight excluding hydrogens is 664 g/mol. The van der Waals surface area contributed by atoms with E-state index in [-0.39, 0.29) is 34.2 Å². The molecule has 1 aliphatic rings. The maximum absolute atomic E-state index is 6.35. The van der Waals surface area contributed by atoms with Crippen molar-refractivity contribution < 1.29 is 30.5 Å². The molecule has 39 heavy (non-hydrogen) atoms. The van der Waals surface area contributed by atoms with Gasteiger partial charge in [-0.3, -0.25) is 0 Å². The van der Waals surface area contributed by atoms with Crippen LogP contribution in [-0.4, -0.2) is 22.6 Å². The van der Waals surface area contributed by atoms with Crippen LogP contribution in [0.4, 0.5) is 5.69 Å². The van der Waals surface area contributed by atoms with E-state index in [1.807, 2.05) is 66.7 Å². The molecule has 2 aromatic heterocycles. The molecule has 3 heterocycles. The molecule has 1 aliphatic heterocycles. The molecule has 0 N–H and O–H groups in total. The van der Waals surface area contributed by atoms with E-state index in [0.717, 1.165) is 44.5 Å². The van der Waals surface area contributed by atoms with Crippen molar-refractivity contribution in [3.05, 3.63) is 115 Å². The monoisotopic (exact) mass is 688 g/mol. The Bertz CT molecular complexity index is 1790. The Balaban J connectivity index is 0.00000277. The Hall–Kier alpha value is -4.02. The molecule has 0 aliphatic carbocycles. The summed E-state index contributed by atoms with van der Waals surface area (Å²) >= 11 is 0. The maximum Gasteiger partial charge on any atom is 2.00 e. The number of pyridine rings is 1. The van der Waals surface area contributed by atoms with E-state index in [0.29, 0.717) is 11.5 Å². The summed E-state index contributed by atoms with van der Waals surface area (Å²) in [6.07, 6.45) is 1.81. The number of hydrogen-bond acceptors (Lipinski definition) is 4. The standard InChI is InChI=1S/C32H24BN3O2.Pt/c1-22(2)36-29-14-5-6-15-31(29)38-33(36)23-10-9-11-24(20-23)37-25-17-18-27-26-12-3-4-13-28(26)35(30(27)21-25)32-16-7-8-19-34-32;/h3-19,22H,1-2H3;/q-2;+2. The van der Waals surface area contributed by atoms with Crippen LogP contribution in [0.1, 0.15) is 13.8 Å². The van der Waals surface area contributed by atoms with Gasteiger partial charge in [0.2, 0.25) is 0 Å². The third-order valence-electron chi connectivity index (χ3n) is 6.90. The fourth-order valence-corrected chi connectivity index (χ4v) is 5.28. The summed E-state index contributed by atoms with van der Waals surface area (Å²) in [6.45, 7) is 4.34. The normalized spacial score (nSPS) is 12.5. The largest absolute Gasteiger partial charge is 2.00 e. The van der Waals surface area contributed by atoms with Gasteiger partial charge >= 0.3 is 28.1 Å². The van der Waals surface area contributed by atoms with Gasteiger partial charge in [-0.05, 0) is 49.6 Å².